The predicted octanol–water partition coefficient (Wildman–Crippen LogP) is 0.631. The summed E-state index contributed by atoms with van der Waals surface area (Å²) < 4.78 is 5.19. The van der Waals surface area contributed by atoms with Crippen LogP contribution >= 0.6 is 0 Å². The zero-order valence-electron chi connectivity index (χ0n) is 6.18. The fourth-order valence-corrected chi connectivity index (χ4v) is 1.27. The molecule has 1 saturated heterocycles. The van der Waals surface area contributed by atoms with E-state index in [0.717, 1.165) is 12.5 Å². The maximum atomic E-state index is 5.19. The molecule has 54 valence electrons. The van der Waals surface area contributed by atoms with Gasteiger partial charge in [0.1, 0.15) is 0 Å². The van der Waals surface area contributed by atoms with E-state index in [1.165, 1.54) is 13.0 Å². The SMILES string of the molecule is COC(C)[C@H]1CCNC1. The van der Waals surface area contributed by atoms with E-state index in [1.54, 1.807) is 7.11 Å². The minimum absolute atomic E-state index is 0.431. The Morgan fingerprint density at radius 2 is 2.44 bits per heavy atom. The molecule has 2 heteroatoms. The quantitative estimate of drug-likeness (QED) is 0.590. The molecule has 2 atom stereocenters. The smallest absolute Gasteiger partial charge is 0.0583 e. The molecule has 0 aromatic rings. The molecule has 0 spiro atoms. The van der Waals surface area contributed by atoms with Gasteiger partial charge in [0, 0.05) is 13.7 Å². The zero-order valence-corrected chi connectivity index (χ0v) is 6.18. The summed E-state index contributed by atoms with van der Waals surface area (Å²) in [6.45, 7) is 4.44. The first-order valence-corrected chi connectivity index (χ1v) is 3.58. The van der Waals surface area contributed by atoms with Crippen LogP contribution in [0.1, 0.15) is 13.3 Å². The van der Waals surface area contributed by atoms with E-state index in [9.17, 15) is 0 Å². The topological polar surface area (TPSA) is 21.3 Å². The molecule has 0 amide bonds. The maximum absolute atomic E-state index is 5.19. The molecular weight excluding hydrogens is 114 g/mol. The Labute approximate surface area is 56.6 Å². The lowest BCUT2D eigenvalue weighted by molar-refractivity contribution is 0.0742. The normalized spacial score (nSPS) is 30.7. The lowest BCUT2D eigenvalue weighted by atomic mass is 10.0. The van der Waals surface area contributed by atoms with Crippen molar-refractivity contribution < 1.29 is 4.74 Å². The second-order valence-corrected chi connectivity index (χ2v) is 2.69. The van der Waals surface area contributed by atoms with Gasteiger partial charge in [-0.3, -0.25) is 0 Å². The third-order valence-electron chi connectivity index (χ3n) is 2.13. The van der Waals surface area contributed by atoms with Crippen LogP contribution in [0.2, 0.25) is 0 Å². The number of nitrogens with one attached hydrogen (secondary N) is 1. The van der Waals surface area contributed by atoms with Crippen molar-refractivity contribution in [3.63, 3.8) is 0 Å². The van der Waals surface area contributed by atoms with Crippen LogP contribution in [-0.2, 0) is 4.74 Å². The Kier molecular flexibility index (Phi) is 2.49. The first-order valence-electron chi connectivity index (χ1n) is 3.58. The molecule has 0 aliphatic carbocycles. The largest absolute Gasteiger partial charge is 0.381 e. The van der Waals surface area contributed by atoms with Crippen LogP contribution in [0.15, 0.2) is 0 Å². The standard InChI is InChI=1S/C7H15NO/c1-6(9-2)7-3-4-8-5-7/h6-8H,3-5H2,1-2H3/t6?,7-/m0/s1. The lowest BCUT2D eigenvalue weighted by Gasteiger charge is -2.15. The fourth-order valence-electron chi connectivity index (χ4n) is 1.27. The number of hydrogen-bond acceptors (Lipinski definition) is 2. The number of methoxy groups -OCH3 is 1. The van der Waals surface area contributed by atoms with Crippen LogP contribution in [0.5, 0.6) is 0 Å². The average molecular weight is 129 g/mol. The Balaban J connectivity index is 2.24. The first kappa shape index (κ1) is 7.03. The van der Waals surface area contributed by atoms with E-state index in [1.807, 2.05) is 0 Å². The van der Waals surface area contributed by atoms with Gasteiger partial charge in [-0.2, -0.15) is 0 Å². The van der Waals surface area contributed by atoms with Crippen LogP contribution < -0.4 is 5.32 Å². The highest BCUT2D eigenvalue weighted by molar-refractivity contribution is 4.75. The number of rotatable bonds is 2. The molecule has 1 heterocycles. The minimum atomic E-state index is 0.431. The molecular formula is C7H15NO. The average Bonchev–Trinajstić information content (AvgIpc) is 2.37. The number of hydrogen-bond donors (Lipinski definition) is 1. The van der Waals surface area contributed by atoms with Crippen LogP contribution in [0, 0.1) is 5.92 Å². The summed E-state index contributed by atoms with van der Waals surface area (Å²) in [5.74, 6) is 0.745. The lowest BCUT2D eigenvalue weighted by Crippen LogP contribution is -2.21. The van der Waals surface area contributed by atoms with E-state index >= 15 is 0 Å². The van der Waals surface area contributed by atoms with Crippen molar-refractivity contribution in [3.8, 4) is 0 Å². The molecule has 0 radical (unpaired) electrons. The molecule has 0 saturated carbocycles. The second kappa shape index (κ2) is 3.18. The van der Waals surface area contributed by atoms with E-state index in [4.69, 9.17) is 4.74 Å². The molecule has 9 heavy (non-hydrogen) atoms. The molecule has 1 aliphatic rings. The van der Waals surface area contributed by atoms with Crippen LogP contribution in [0.25, 0.3) is 0 Å². The third kappa shape index (κ3) is 1.66. The van der Waals surface area contributed by atoms with Gasteiger partial charge < -0.3 is 10.1 Å². The summed E-state index contributed by atoms with van der Waals surface area (Å²) in [7, 11) is 1.78. The fraction of sp³-hybridized carbons (Fsp3) is 1.00. The molecule has 0 aromatic carbocycles. The van der Waals surface area contributed by atoms with Gasteiger partial charge in [0.2, 0.25) is 0 Å². The molecule has 0 bridgehead atoms. The molecule has 1 unspecified atom stereocenters. The predicted molar refractivity (Wildman–Crippen MR) is 37.4 cm³/mol. The van der Waals surface area contributed by atoms with Gasteiger partial charge in [0.05, 0.1) is 6.10 Å². The highest BCUT2D eigenvalue weighted by Gasteiger charge is 2.20. The highest BCUT2D eigenvalue weighted by atomic mass is 16.5. The molecule has 1 fully saturated rings. The van der Waals surface area contributed by atoms with Gasteiger partial charge >= 0.3 is 0 Å². The Hall–Kier alpha value is -0.0800. The third-order valence-corrected chi connectivity index (χ3v) is 2.13. The van der Waals surface area contributed by atoms with Crippen molar-refractivity contribution in [3.05, 3.63) is 0 Å². The van der Waals surface area contributed by atoms with Crippen LogP contribution in [0.4, 0.5) is 0 Å². The Bertz CT molecular complexity index is 79.0. The van der Waals surface area contributed by atoms with Crippen molar-refractivity contribution in [1.82, 2.24) is 5.32 Å². The summed E-state index contributed by atoms with van der Waals surface area (Å²) in [6.07, 6.45) is 1.70. The summed E-state index contributed by atoms with van der Waals surface area (Å²) in [5, 5.41) is 3.31. The zero-order chi connectivity index (χ0) is 6.69. The van der Waals surface area contributed by atoms with Crippen molar-refractivity contribution >= 4 is 0 Å². The minimum Gasteiger partial charge on any atom is -0.381 e. The Morgan fingerprint density at radius 1 is 1.67 bits per heavy atom. The Morgan fingerprint density at radius 3 is 2.89 bits per heavy atom. The van der Waals surface area contributed by atoms with Crippen molar-refractivity contribution in [1.29, 1.82) is 0 Å². The molecule has 2 nitrogen and oxygen atoms in total. The summed E-state index contributed by atoms with van der Waals surface area (Å²) >= 11 is 0. The van der Waals surface area contributed by atoms with Gasteiger partial charge in [-0.1, -0.05) is 0 Å². The van der Waals surface area contributed by atoms with Crippen molar-refractivity contribution in [2.45, 2.75) is 19.4 Å². The highest BCUT2D eigenvalue weighted by Crippen LogP contribution is 2.13. The second-order valence-electron chi connectivity index (χ2n) is 2.69. The maximum Gasteiger partial charge on any atom is 0.0583 e. The summed E-state index contributed by atoms with van der Waals surface area (Å²) in [6, 6.07) is 0. The van der Waals surface area contributed by atoms with Gasteiger partial charge in [0.15, 0.2) is 0 Å². The van der Waals surface area contributed by atoms with E-state index < -0.39 is 0 Å². The summed E-state index contributed by atoms with van der Waals surface area (Å²) in [5.41, 5.74) is 0. The van der Waals surface area contributed by atoms with Crippen LogP contribution in [0.3, 0.4) is 0 Å². The van der Waals surface area contributed by atoms with Gasteiger partial charge in [-0.05, 0) is 25.8 Å². The van der Waals surface area contributed by atoms with Crippen LogP contribution in [-0.4, -0.2) is 26.3 Å². The monoisotopic (exact) mass is 129 g/mol. The van der Waals surface area contributed by atoms with Gasteiger partial charge in [-0.15, -0.1) is 0 Å². The van der Waals surface area contributed by atoms with Gasteiger partial charge in [0.25, 0.3) is 0 Å². The summed E-state index contributed by atoms with van der Waals surface area (Å²) in [4.78, 5) is 0. The number of ether oxygens (including phenoxy) is 1. The van der Waals surface area contributed by atoms with Crippen molar-refractivity contribution in [2.75, 3.05) is 20.2 Å². The van der Waals surface area contributed by atoms with E-state index in [0.29, 0.717) is 6.10 Å². The molecule has 1 N–H and O–H groups in total. The van der Waals surface area contributed by atoms with Gasteiger partial charge in [-0.25, -0.2) is 0 Å². The molecule has 1 aliphatic heterocycles. The van der Waals surface area contributed by atoms with E-state index in [2.05, 4.69) is 12.2 Å². The molecule has 0 aromatic heterocycles. The van der Waals surface area contributed by atoms with Crippen molar-refractivity contribution in [2.24, 2.45) is 5.92 Å². The first-order chi connectivity index (χ1) is 4.34. The van der Waals surface area contributed by atoms with E-state index in [-0.39, 0.29) is 0 Å². The molecule has 1 rings (SSSR count).